The Balaban J connectivity index is 1.77. The van der Waals surface area contributed by atoms with E-state index in [-0.39, 0.29) is 11.9 Å². The summed E-state index contributed by atoms with van der Waals surface area (Å²) < 4.78 is 1.81. The summed E-state index contributed by atoms with van der Waals surface area (Å²) in [7, 11) is 1.89. The number of rotatable bonds is 4. The Labute approximate surface area is 151 Å². The van der Waals surface area contributed by atoms with Gasteiger partial charge in [-0.3, -0.25) is 14.6 Å². The van der Waals surface area contributed by atoms with Crippen LogP contribution in [-0.4, -0.2) is 25.9 Å². The number of nitrogens with one attached hydrogen (secondary N) is 2. The molecular formula is C18H20ClN5O. The molecule has 130 valence electrons. The van der Waals surface area contributed by atoms with E-state index in [4.69, 9.17) is 11.6 Å². The van der Waals surface area contributed by atoms with E-state index in [0.717, 1.165) is 22.5 Å². The summed E-state index contributed by atoms with van der Waals surface area (Å²) in [5.74, 6) is -0.208. The minimum atomic E-state index is -0.208. The van der Waals surface area contributed by atoms with Crippen molar-refractivity contribution in [1.29, 1.82) is 0 Å². The molecule has 3 aromatic rings. The monoisotopic (exact) mass is 357 g/mol. The van der Waals surface area contributed by atoms with Crippen molar-refractivity contribution in [3.8, 4) is 11.3 Å². The topological polar surface area (TPSA) is 75.6 Å². The minimum absolute atomic E-state index is 0.140. The van der Waals surface area contributed by atoms with Gasteiger partial charge in [0.25, 0.3) is 5.91 Å². The molecule has 25 heavy (non-hydrogen) atoms. The number of amides is 1. The fourth-order valence-electron chi connectivity index (χ4n) is 2.82. The maximum absolute atomic E-state index is 12.5. The molecule has 1 amide bonds. The Bertz CT molecular complexity index is 910. The molecule has 2 aromatic heterocycles. The molecule has 7 heteroatoms. The largest absolute Gasteiger partial charge is 0.344 e. The lowest BCUT2D eigenvalue weighted by Gasteiger charge is -2.13. The van der Waals surface area contributed by atoms with Crippen LogP contribution in [0.5, 0.6) is 0 Å². The highest BCUT2D eigenvalue weighted by Crippen LogP contribution is 2.25. The zero-order chi connectivity index (χ0) is 18.1. The van der Waals surface area contributed by atoms with Crippen LogP contribution in [0.3, 0.4) is 0 Å². The SMILES string of the molecule is Cc1nn(C)c(C)c1-c1cc(C(=O)NC(C)c2ccc(Cl)cc2)[nH]n1. The second-order valence-corrected chi connectivity index (χ2v) is 6.52. The fraction of sp³-hybridized carbons (Fsp3) is 0.278. The number of H-pyrrole nitrogens is 1. The van der Waals surface area contributed by atoms with Gasteiger partial charge in [0, 0.05) is 23.3 Å². The predicted octanol–water partition coefficient (Wildman–Crippen LogP) is 3.57. The number of hydrogen-bond acceptors (Lipinski definition) is 3. The lowest BCUT2D eigenvalue weighted by molar-refractivity contribution is 0.0935. The smallest absolute Gasteiger partial charge is 0.269 e. The number of carbonyl (C=O) groups excluding carboxylic acids is 1. The number of nitrogens with zero attached hydrogens (tertiary/aromatic N) is 3. The summed E-state index contributed by atoms with van der Waals surface area (Å²) in [5.41, 5.74) is 4.95. The van der Waals surface area contributed by atoms with Crippen molar-refractivity contribution < 1.29 is 4.79 Å². The molecule has 0 radical (unpaired) electrons. The number of benzene rings is 1. The second-order valence-electron chi connectivity index (χ2n) is 6.08. The number of aromatic amines is 1. The number of halogens is 1. The molecule has 3 rings (SSSR count). The average Bonchev–Trinajstić information content (AvgIpc) is 3.13. The number of hydrogen-bond donors (Lipinski definition) is 2. The molecule has 6 nitrogen and oxygen atoms in total. The maximum Gasteiger partial charge on any atom is 0.269 e. The van der Waals surface area contributed by atoms with Crippen molar-refractivity contribution in [3.63, 3.8) is 0 Å². The molecule has 0 aliphatic heterocycles. The summed E-state index contributed by atoms with van der Waals surface area (Å²) in [6.07, 6.45) is 0. The molecule has 1 unspecified atom stereocenters. The Morgan fingerprint density at radius 2 is 1.96 bits per heavy atom. The number of aryl methyl sites for hydroxylation is 2. The van der Waals surface area contributed by atoms with Crippen LogP contribution < -0.4 is 5.32 Å². The standard InChI is InChI=1S/C18H20ClN5O/c1-10(13-5-7-14(19)8-6-13)20-18(25)16-9-15(21-22-16)17-11(2)23-24(4)12(17)3/h5-10H,1-4H3,(H,20,25)(H,21,22). The Kier molecular flexibility index (Phi) is 4.63. The van der Waals surface area contributed by atoms with E-state index in [1.807, 2.05) is 56.8 Å². The summed E-state index contributed by atoms with van der Waals surface area (Å²) in [4.78, 5) is 12.5. The predicted molar refractivity (Wildman–Crippen MR) is 97.6 cm³/mol. The first-order chi connectivity index (χ1) is 11.9. The van der Waals surface area contributed by atoms with E-state index in [1.165, 1.54) is 0 Å². The van der Waals surface area contributed by atoms with Crippen molar-refractivity contribution in [2.75, 3.05) is 0 Å². The molecule has 0 bridgehead atoms. The van der Waals surface area contributed by atoms with Crippen LogP contribution in [0.4, 0.5) is 0 Å². The van der Waals surface area contributed by atoms with Gasteiger partial charge in [0.1, 0.15) is 5.69 Å². The molecule has 2 N–H and O–H groups in total. The third-order valence-electron chi connectivity index (χ3n) is 4.31. The summed E-state index contributed by atoms with van der Waals surface area (Å²) in [6.45, 7) is 5.83. The number of carbonyl (C=O) groups is 1. The summed E-state index contributed by atoms with van der Waals surface area (Å²) >= 11 is 5.90. The van der Waals surface area contributed by atoms with Gasteiger partial charge in [0.15, 0.2) is 0 Å². The normalized spacial score (nSPS) is 12.2. The Hall–Kier alpha value is -2.60. The third-order valence-corrected chi connectivity index (χ3v) is 4.56. The van der Waals surface area contributed by atoms with Crippen molar-refractivity contribution in [2.45, 2.75) is 26.8 Å². The third kappa shape index (κ3) is 3.44. The molecule has 2 heterocycles. The van der Waals surface area contributed by atoms with Gasteiger partial charge in [-0.05, 0) is 44.5 Å². The molecule has 1 aromatic carbocycles. The zero-order valence-electron chi connectivity index (χ0n) is 14.6. The van der Waals surface area contributed by atoms with Gasteiger partial charge < -0.3 is 5.32 Å². The summed E-state index contributed by atoms with van der Waals surface area (Å²) in [6, 6.07) is 9.02. The van der Waals surface area contributed by atoms with Gasteiger partial charge in [-0.1, -0.05) is 23.7 Å². The molecule has 0 aliphatic carbocycles. The van der Waals surface area contributed by atoms with E-state index >= 15 is 0 Å². The minimum Gasteiger partial charge on any atom is -0.344 e. The van der Waals surface area contributed by atoms with Gasteiger partial charge in [-0.15, -0.1) is 0 Å². The molecule has 0 spiro atoms. The zero-order valence-corrected chi connectivity index (χ0v) is 15.3. The van der Waals surface area contributed by atoms with E-state index in [2.05, 4.69) is 20.6 Å². The van der Waals surface area contributed by atoms with Crippen LogP contribution in [-0.2, 0) is 7.05 Å². The molecular weight excluding hydrogens is 338 g/mol. The molecule has 0 fully saturated rings. The van der Waals surface area contributed by atoms with Gasteiger partial charge in [-0.2, -0.15) is 10.2 Å². The van der Waals surface area contributed by atoms with Crippen molar-refractivity contribution >= 4 is 17.5 Å². The van der Waals surface area contributed by atoms with Gasteiger partial charge in [0.2, 0.25) is 0 Å². The van der Waals surface area contributed by atoms with Crippen LogP contribution in [0.25, 0.3) is 11.3 Å². The first-order valence-corrected chi connectivity index (χ1v) is 8.37. The lowest BCUT2D eigenvalue weighted by Crippen LogP contribution is -2.26. The van der Waals surface area contributed by atoms with Gasteiger partial charge in [-0.25, -0.2) is 0 Å². The van der Waals surface area contributed by atoms with Crippen molar-refractivity contribution in [3.05, 3.63) is 58.0 Å². The molecule has 0 saturated carbocycles. The highest BCUT2D eigenvalue weighted by Gasteiger charge is 2.18. The second kappa shape index (κ2) is 6.72. The highest BCUT2D eigenvalue weighted by molar-refractivity contribution is 6.30. The van der Waals surface area contributed by atoms with Crippen molar-refractivity contribution in [1.82, 2.24) is 25.3 Å². The molecule has 0 aliphatic rings. The van der Waals surface area contributed by atoms with Crippen LogP contribution in [0.1, 0.15) is 40.4 Å². The molecule has 0 saturated heterocycles. The van der Waals surface area contributed by atoms with Crippen LogP contribution in [0, 0.1) is 13.8 Å². The average molecular weight is 358 g/mol. The molecule has 1 atom stereocenters. The van der Waals surface area contributed by atoms with Crippen molar-refractivity contribution in [2.24, 2.45) is 7.05 Å². The number of aromatic nitrogens is 4. The highest BCUT2D eigenvalue weighted by atomic mass is 35.5. The van der Waals surface area contributed by atoms with Crippen LogP contribution in [0.15, 0.2) is 30.3 Å². The van der Waals surface area contributed by atoms with Gasteiger partial charge >= 0.3 is 0 Å². The Morgan fingerprint density at radius 1 is 1.28 bits per heavy atom. The van der Waals surface area contributed by atoms with Gasteiger partial charge in [0.05, 0.1) is 17.4 Å². The first-order valence-electron chi connectivity index (χ1n) is 7.99. The van der Waals surface area contributed by atoms with E-state index < -0.39 is 0 Å². The Morgan fingerprint density at radius 3 is 2.56 bits per heavy atom. The van der Waals surface area contributed by atoms with E-state index in [9.17, 15) is 4.79 Å². The van der Waals surface area contributed by atoms with Crippen LogP contribution in [0.2, 0.25) is 5.02 Å². The quantitative estimate of drug-likeness (QED) is 0.749. The van der Waals surface area contributed by atoms with E-state index in [1.54, 1.807) is 6.07 Å². The summed E-state index contributed by atoms with van der Waals surface area (Å²) in [5, 5.41) is 15.1. The lowest BCUT2D eigenvalue weighted by atomic mass is 10.1. The van der Waals surface area contributed by atoms with E-state index in [0.29, 0.717) is 16.4 Å². The maximum atomic E-state index is 12.5. The van der Waals surface area contributed by atoms with Crippen LogP contribution >= 0.6 is 11.6 Å². The first kappa shape index (κ1) is 17.2. The fourth-order valence-corrected chi connectivity index (χ4v) is 2.95.